The number of nitrogens with zero attached hydrogens (tertiary/aromatic N) is 1. The van der Waals surface area contributed by atoms with E-state index in [2.05, 4.69) is 22.8 Å². The average Bonchev–Trinajstić information content (AvgIpc) is 2.13. The van der Waals surface area contributed by atoms with Gasteiger partial charge in [-0.15, -0.1) is 0 Å². The van der Waals surface area contributed by atoms with Crippen LogP contribution in [0.4, 0.5) is 0 Å². The highest BCUT2D eigenvalue weighted by Crippen LogP contribution is 1.98. The molecule has 0 fully saturated rings. The van der Waals surface area contributed by atoms with E-state index in [1.807, 2.05) is 6.20 Å². The van der Waals surface area contributed by atoms with Crippen molar-refractivity contribution in [2.24, 2.45) is 4.99 Å². The van der Waals surface area contributed by atoms with Crippen LogP contribution in [-0.2, 0) is 0 Å². The molecule has 3 nitrogen and oxygen atoms in total. The predicted octanol–water partition coefficient (Wildman–Crippen LogP) is 0.416. The van der Waals surface area contributed by atoms with Crippen molar-refractivity contribution >= 4 is 6.34 Å². The fraction of sp³-hybridized carbons (Fsp3) is 0.500. The summed E-state index contributed by atoms with van der Waals surface area (Å²) in [7, 11) is 0. The second-order valence-corrected chi connectivity index (χ2v) is 1.92. The fourth-order valence-electron chi connectivity index (χ4n) is 0.652. The Morgan fingerprint density at radius 3 is 3.44 bits per heavy atom. The Bertz CT molecular complexity index is 137. The highest BCUT2D eigenvalue weighted by molar-refractivity contribution is 5.55. The topological polar surface area (TPSA) is 36.4 Å². The van der Waals surface area contributed by atoms with Crippen LogP contribution in [0.1, 0.15) is 13.3 Å². The Morgan fingerprint density at radius 1 is 1.78 bits per heavy atom. The lowest BCUT2D eigenvalue weighted by Gasteiger charge is -2.00. The van der Waals surface area contributed by atoms with E-state index in [0.717, 1.165) is 13.0 Å². The molecule has 1 heterocycles. The van der Waals surface area contributed by atoms with Crippen LogP contribution in [0.3, 0.4) is 0 Å². The first kappa shape index (κ1) is 6.29. The van der Waals surface area contributed by atoms with Gasteiger partial charge >= 0.3 is 0 Å². The minimum Gasteiger partial charge on any atom is -0.312 e. The molecule has 9 heavy (non-hydrogen) atoms. The molecule has 0 aromatic rings. The molecule has 1 rings (SSSR count). The maximum absolute atomic E-state index is 3.96. The van der Waals surface area contributed by atoms with Gasteiger partial charge in [0, 0.05) is 12.7 Å². The molecule has 2 N–H and O–H groups in total. The van der Waals surface area contributed by atoms with E-state index in [9.17, 15) is 0 Å². The summed E-state index contributed by atoms with van der Waals surface area (Å²) in [5.41, 5.74) is 7.11. The van der Waals surface area contributed by atoms with Crippen LogP contribution in [0, 0.1) is 0 Å². The molecule has 0 amide bonds. The van der Waals surface area contributed by atoms with Crippen molar-refractivity contribution in [3.05, 3.63) is 11.8 Å². The summed E-state index contributed by atoms with van der Waals surface area (Å²) in [6.07, 6.45) is 4.58. The largest absolute Gasteiger partial charge is 0.312 e. The predicted molar refractivity (Wildman–Crippen MR) is 38.0 cm³/mol. The second kappa shape index (κ2) is 3.25. The molecular formula is C6H11N3. The van der Waals surface area contributed by atoms with Gasteiger partial charge < -0.3 is 5.43 Å². The SMILES string of the molecule is CCC1=CN=CNNC1. The summed E-state index contributed by atoms with van der Waals surface area (Å²) < 4.78 is 0. The van der Waals surface area contributed by atoms with Gasteiger partial charge in [0.05, 0.1) is 0 Å². The minimum absolute atomic E-state index is 0.885. The minimum atomic E-state index is 0.885. The van der Waals surface area contributed by atoms with Crippen molar-refractivity contribution in [3.8, 4) is 0 Å². The normalized spacial score (nSPS) is 18.1. The highest BCUT2D eigenvalue weighted by atomic mass is 15.4. The standard InChI is InChI=1S/C6H11N3/c1-2-6-3-7-5-9-8-4-6/h3,5,8H,2,4H2,1H3,(H,7,9). The number of aliphatic imine (C=N–C) groups is 1. The van der Waals surface area contributed by atoms with Gasteiger partial charge in [0.15, 0.2) is 0 Å². The van der Waals surface area contributed by atoms with Crippen LogP contribution in [0.25, 0.3) is 0 Å². The number of hydrogen-bond acceptors (Lipinski definition) is 3. The third-order valence-corrected chi connectivity index (χ3v) is 1.27. The first-order valence-electron chi connectivity index (χ1n) is 3.11. The Hall–Kier alpha value is -0.830. The Kier molecular flexibility index (Phi) is 2.27. The maximum atomic E-state index is 3.96. The second-order valence-electron chi connectivity index (χ2n) is 1.92. The van der Waals surface area contributed by atoms with Crippen LogP contribution in [-0.4, -0.2) is 12.9 Å². The zero-order valence-corrected chi connectivity index (χ0v) is 5.52. The lowest BCUT2D eigenvalue weighted by atomic mass is 10.2. The van der Waals surface area contributed by atoms with E-state index in [1.54, 1.807) is 6.34 Å². The van der Waals surface area contributed by atoms with Gasteiger partial charge in [0.2, 0.25) is 0 Å². The van der Waals surface area contributed by atoms with E-state index >= 15 is 0 Å². The third-order valence-electron chi connectivity index (χ3n) is 1.27. The van der Waals surface area contributed by atoms with Crippen molar-refractivity contribution in [3.63, 3.8) is 0 Å². The molecule has 3 heteroatoms. The summed E-state index contributed by atoms with van der Waals surface area (Å²) >= 11 is 0. The van der Waals surface area contributed by atoms with Crippen molar-refractivity contribution in [1.29, 1.82) is 0 Å². The molecule has 0 bridgehead atoms. The average molecular weight is 125 g/mol. The summed E-state index contributed by atoms with van der Waals surface area (Å²) in [5, 5.41) is 0. The van der Waals surface area contributed by atoms with Crippen molar-refractivity contribution < 1.29 is 0 Å². The van der Waals surface area contributed by atoms with Gasteiger partial charge in [0.25, 0.3) is 0 Å². The number of nitrogens with one attached hydrogen (secondary N) is 2. The van der Waals surface area contributed by atoms with Crippen LogP contribution < -0.4 is 10.9 Å². The van der Waals surface area contributed by atoms with Crippen molar-refractivity contribution in [1.82, 2.24) is 10.9 Å². The first-order chi connectivity index (χ1) is 4.43. The lowest BCUT2D eigenvalue weighted by Crippen LogP contribution is -2.30. The van der Waals surface area contributed by atoms with Gasteiger partial charge in [-0.2, -0.15) is 0 Å². The van der Waals surface area contributed by atoms with E-state index in [0.29, 0.717) is 0 Å². The van der Waals surface area contributed by atoms with E-state index < -0.39 is 0 Å². The summed E-state index contributed by atoms with van der Waals surface area (Å²) in [6, 6.07) is 0. The van der Waals surface area contributed by atoms with Gasteiger partial charge in [-0.3, -0.25) is 0 Å². The molecule has 0 spiro atoms. The molecule has 1 aliphatic heterocycles. The molecule has 0 saturated heterocycles. The van der Waals surface area contributed by atoms with Crippen LogP contribution in [0.2, 0.25) is 0 Å². The van der Waals surface area contributed by atoms with Crippen molar-refractivity contribution in [2.75, 3.05) is 6.54 Å². The van der Waals surface area contributed by atoms with Gasteiger partial charge in [-0.25, -0.2) is 10.4 Å². The summed E-state index contributed by atoms with van der Waals surface area (Å²) in [5.74, 6) is 0. The number of rotatable bonds is 1. The molecule has 1 aliphatic rings. The quantitative estimate of drug-likeness (QED) is 0.532. The summed E-state index contributed by atoms with van der Waals surface area (Å²) in [6.45, 7) is 3.00. The zero-order chi connectivity index (χ0) is 6.53. The Morgan fingerprint density at radius 2 is 2.67 bits per heavy atom. The summed E-state index contributed by atoms with van der Waals surface area (Å²) in [4.78, 5) is 3.96. The monoisotopic (exact) mass is 125 g/mol. The van der Waals surface area contributed by atoms with Gasteiger partial charge in [0.1, 0.15) is 6.34 Å². The molecule has 0 aromatic carbocycles. The van der Waals surface area contributed by atoms with Crippen LogP contribution >= 0.6 is 0 Å². The molecule has 0 aromatic heterocycles. The Balaban J connectivity index is 2.49. The van der Waals surface area contributed by atoms with Crippen LogP contribution in [0.15, 0.2) is 16.8 Å². The highest BCUT2D eigenvalue weighted by Gasteiger charge is 1.93. The number of hydrogen-bond donors (Lipinski definition) is 2. The van der Waals surface area contributed by atoms with E-state index in [-0.39, 0.29) is 0 Å². The molecule has 0 aliphatic carbocycles. The molecule has 0 saturated carbocycles. The molecule has 0 atom stereocenters. The Labute approximate surface area is 54.8 Å². The zero-order valence-electron chi connectivity index (χ0n) is 5.52. The van der Waals surface area contributed by atoms with Crippen LogP contribution in [0.5, 0.6) is 0 Å². The van der Waals surface area contributed by atoms with E-state index in [1.165, 1.54) is 5.57 Å². The maximum Gasteiger partial charge on any atom is 0.102 e. The number of hydrazine groups is 1. The first-order valence-corrected chi connectivity index (χ1v) is 3.11. The molecule has 0 unspecified atom stereocenters. The van der Waals surface area contributed by atoms with Gasteiger partial charge in [-0.1, -0.05) is 6.92 Å². The smallest absolute Gasteiger partial charge is 0.102 e. The van der Waals surface area contributed by atoms with Crippen molar-refractivity contribution in [2.45, 2.75) is 13.3 Å². The van der Waals surface area contributed by atoms with E-state index in [4.69, 9.17) is 0 Å². The van der Waals surface area contributed by atoms with Gasteiger partial charge in [-0.05, 0) is 12.0 Å². The lowest BCUT2D eigenvalue weighted by molar-refractivity contribution is 0.702. The third kappa shape index (κ3) is 1.85. The fourth-order valence-corrected chi connectivity index (χ4v) is 0.652. The molecule has 0 radical (unpaired) electrons. The molecular weight excluding hydrogens is 114 g/mol. The molecule has 50 valence electrons.